The molecule has 0 N–H and O–H groups in total. The van der Waals surface area contributed by atoms with Crippen LogP contribution in [0.2, 0.25) is 0 Å². The average Bonchev–Trinajstić information content (AvgIpc) is 2.17. The zero-order valence-corrected chi connectivity index (χ0v) is 6.24. The normalized spacial score (nSPS) is 9.55. The fourth-order valence-corrected chi connectivity index (χ4v) is 0.823. The van der Waals surface area contributed by atoms with E-state index in [-0.39, 0.29) is 12.2 Å². The lowest BCUT2D eigenvalue weighted by Gasteiger charge is -1.92. The number of aryl methyl sites for hydroxylation is 1. The van der Waals surface area contributed by atoms with Gasteiger partial charge in [-0.15, -0.1) is 6.42 Å². The van der Waals surface area contributed by atoms with Gasteiger partial charge in [-0.2, -0.15) is 5.10 Å². The van der Waals surface area contributed by atoms with E-state index in [0.29, 0.717) is 5.82 Å². The standard InChI is InChI=1S/C7H8N3O/c1-4-5-10-6(2)8-9(3)7(10)11/h1H,3,5H2,2H3. The SMILES string of the molecule is C#CCn1c(C)nn([CH2])c1=O. The molecule has 4 heteroatoms. The van der Waals surface area contributed by atoms with Crippen molar-refractivity contribution >= 4 is 0 Å². The molecule has 11 heavy (non-hydrogen) atoms. The van der Waals surface area contributed by atoms with Crippen LogP contribution >= 0.6 is 0 Å². The van der Waals surface area contributed by atoms with Crippen molar-refractivity contribution in [2.24, 2.45) is 0 Å². The summed E-state index contributed by atoms with van der Waals surface area (Å²) in [6, 6.07) is 0. The number of aromatic nitrogens is 3. The summed E-state index contributed by atoms with van der Waals surface area (Å²) in [6.45, 7) is 1.96. The van der Waals surface area contributed by atoms with Crippen molar-refractivity contribution in [1.82, 2.24) is 14.3 Å². The van der Waals surface area contributed by atoms with E-state index in [2.05, 4.69) is 18.1 Å². The molecule has 0 aliphatic carbocycles. The lowest BCUT2D eigenvalue weighted by atomic mass is 10.6. The first-order valence-corrected chi connectivity index (χ1v) is 3.07. The van der Waals surface area contributed by atoms with E-state index in [1.165, 1.54) is 4.57 Å². The van der Waals surface area contributed by atoms with Gasteiger partial charge in [-0.1, -0.05) is 5.92 Å². The highest BCUT2D eigenvalue weighted by atomic mass is 16.2. The molecule has 0 bridgehead atoms. The first kappa shape index (κ1) is 7.61. The molecular weight excluding hydrogens is 142 g/mol. The van der Waals surface area contributed by atoms with Crippen LogP contribution in [0.1, 0.15) is 5.82 Å². The van der Waals surface area contributed by atoms with Crippen molar-refractivity contribution < 1.29 is 0 Å². The maximum Gasteiger partial charge on any atom is 0.346 e. The first-order chi connectivity index (χ1) is 5.16. The number of hydrogen-bond donors (Lipinski definition) is 0. The molecule has 1 rings (SSSR count). The maximum absolute atomic E-state index is 11.1. The van der Waals surface area contributed by atoms with Gasteiger partial charge in [0.05, 0.1) is 13.6 Å². The highest BCUT2D eigenvalue weighted by Gasteiger charge is 2.03. The molecule has 0 spiro atoms. The number of terminal acetylenes is 1. The second kappa shape index (κ2) is 2.62. The molecular formula is C7H8N3O. The molecule has 1 aromatic rings. The highest BCUT2D eigenvalue weighted by Crippen LogP contribution is 1.86. The summed E-state index contributed by atoms with van der Waals surface area (Å²) in [5, 5.41) is 3.79. The Morgan fingerprint density at radius 3 is 2.82 bits per heavy atom. The van der Waals surface area contributed by atoms with Gasteiger partial charge in [0.15, 0.2) is 0 Å². The molecule has 4 nitrogen and oxygen atoms in total. The average molecular weight is 150 g/mol. The molecule has 57 valence electrons. The van der Waals surface area contributed by atoms with E-state index in [1.807, 2.05) is 0 Å². The Kier molecular flexibility index (Phi) is 1.81. The third-order valence-electron chi connectivity index (χ3n) is 1.36. The van der Waals surface area contributed by atoms with E-state index < -0.39 is 0 Å². The van der Waals surface area contributed by atoms with Crippen LogP contribution < -0.4 is 5.69 Å². The van der Waals surface area contributed by atoms with Gasteiger partial charge in [-0.25, -0.2) is 9.48 Å². The van der Waals surface area contributed by atoms with Crippen LogP contribution in [0.15, 0.2) is 4.79 Å². The van der Waals surface area contributed by atoms with Gasteiger partial charge in [-0.3, -0.25) is 4.57 Å². The van der Waals surface area contributed by atoms with Crippen LogP contribution in [-0.2, 0) is 6.54 Å². The number of rotatable bonds is 1. The quantitative estimate of drug-likeness (QED) is 0.512. The van der Waals surface area contributed by atoms with Gasteiger partial charge >= 0.3 is 5.69 Å². The van der Waals surface area contributed by atoms with Crippen molar-refractivity contribution in [3.05, 3.63) is 23.4 Å². The summed E-state index contributed by atoms with van der Waals surface area (Å²) in [5.74, 6) is 2.95. The molecule has 0 saturated carbocycles. The maximum atomic E-state index is 11.1. The molecule has 0 unspecified atom stereocenters. The number of nitrogens with zero attached hydrogens (tertiary/aromatic N) is 3. The predicted molar refractivity (Wildman–Crippen MR) is 40.8 cm³/mol. The van der Waals surface area contributed by atoms with Crippen molar-refractivity contribution in [2.75, 3.05) is 0 Å². The third kappa shape index (κ3) is 1.17. The molecule has 0 aromatic carbocycles. The van der Waals surface area contributed by atoms with Gasteiger partial charge in [0.2, 0.25) is 0 Å². The molecule has 0 saturated heterocycles. The van der Waals surface area contributed by atoms with Crippen molar-refractivity contribution in [3.63, 3.8) is 0 Å². The van der Waals surface area contributed by atoms with Crippen LogP contribution in [0.25, 0.3) is 0 Å². The third-order valence-corrected chi connectivity index (χ3v) is 1.36. The summed E-state index contributed by atoms with van der Waals surface area (Å²) in [6.07, 6.45) is 5.04. The van der Waals surface area contributed by atoms with E-state index >= 15 is 0 Å². The zero-order valence-electron chi connectivity index (χ0n) is 6.24. The molecule has 1 aromatic heterocycles. The minimum absolute atomic E-state index is 0.250. The number of hydrogen-bond acceptors (Lipinski definition) is 2. The molecule has 0 amide bonds. The van der Waals surface area contributed by atoms with Crippen molar-refractivity contribution in [2.45, 2.75) is 13.5 Å². The molecule has 1 heterocycles. The predicted octanol–water partition coefficient (Wildman–Crippen LogP) is -0.374. The second-order valence-corrected chi connectivity index (χ2v) is 2.12. The monoisotopic (exact) mass is 150 g/mol. The second-order valence-electron chi connectivity index (χ2n) is 2.12. The lowest BCUT2D eigenvalue weighted by Crippen LogP contribution is -2.21. The van der Waals surface area contributed by atoms with Crippen LogP contribution in [0.5, 0.6) is 0 Å². The minimum Gasteiger partial charge on any atom is -0.267 e. The molecule has 0 fully saturated rings. The summed E-state index contributed by atoms with van der Waals surface area (Å²) in [7, 11) is 3.39. The van der Waals surface area contributed by atoms with Crippen molar-refractivity contribution in [1.29, 1.82) is 0 Å². The molecule has 1 radical (unpaired) electrons. The Morgan fingerprint density at radius 1 is 1.82 bits per heavy atom. The highest BCUT2D eigenvalue weighted by molar-refractivity contribution is 4.92. The smallest absolute Gasteiger partial charge is 0.267 e. The fraction of sp³-hybridized carbons (Fsp3) is 0.286. The van der Waals surface area contributed by atoms with Crippen LogP contribution in [0.3, 0.4) is 0 Å². The summed E-state index contributed by atoms with van der Waals surface area (Å²) < 4.78 is 2.40. The Hall–Kier alpha value is -1.50. The van der Waals surface area contributed by atoms with Crippen LogP contribution in [0.4, 0.5) is 0 Å². The van der Waals surface area contributed by atoms with Gasteiger partial charge in [0.1, 0.15) is 5.82 Å². The Morgan fingerprint density at radius 2 is 2.45 bits per heavy atom. The van der Waals surface area contributed by atoms with E-state index in [0.717, 1.165) is 4.68 Å². The molecule has 0 aliphatic rings. The van der Waals surface area contributed by atoms with Crippen LogP contribution in [-0.4, -0.2) is 14.3 Å². The van der Waals surface area contributed by atoms with Crippen LogP contribution in [0, 0.1) is 26.3 Å². The largest absolute Gasteiger partial charge is 0.346 e. The lowest BCUT2D eigenvalue weighted by molar-refractivity contribution is 0.751. The van der Waals surface area contributed by atoms with Gasteiger partial charge in [-0.05, 0) is 6.92 Å². The molecule has 0 aliphatic heterocycles. The first-order valence-electron chi connectivity index (χ1n) is 3.07. The van der Waals surface area contributed by atoms with E-state index in [1.54, 1.807) is 6.92 Å². The van der Waals surface area contributed by atoms with Gasteiger partial charge in [0.25, 0.3) is 0 Å². The summed E-state index contributed by atoms with van der Waals surface area (Å²) in [5.41, 5.74) is -0.277. The van der Waals surface area contributed by atoms with Gasteiger partial charge < -0.3 is 0 Å². The summed E-state index contributed by atoms with van der Waals surface area (Å²) in [4.78, 5) is 11.1. The fourth-order valence-electron chi connectivity index (χ4n) is 0.823. The Balaban J connectivity index is 3.26. The minimum atomic E-state index is -0.277. The van der Waals surface area contributed by atoms with E-state index in [9.17, 15) is 4.79 Å². The van der Waals surface area contributed by atoms with E-state index in [4.69, 9.17) is 6.42 Å². The topological polar surface area (TPSA) is 39.8 Å². The Bertz CT molecular complexity index is 353. The Labute approximate surface area is 64.5 Å². The molecule has 0 atom stereocenters. The van der Waals surface area contributed by atoms with Gasteiger partial charge in [0, 0.05) is 0 Å². The summed E-state index contributed by atoms with van der Waals surface area (Å²) >= 11 is 0. The van der Waals surface area contributed by atoms with Crippen molar-refractivity contribution in [3.8, 4) is 12.3 Å². The zero-order chi connectivity index (χ0) is 8.43.